The Bertz CT molecular complexity index is 694. The molecule has 2 saturated heterocycles. The van der Waals surface area contributed by atoms with Crippen LogP contribution in [0.15, 0.2) is 24.3 Å². The molecule has 1 atom stereocenters. The number of carbonyl (C=O) groups excluding carboxylic acids is 2. The van der Waals surface area contributed by atoms with E-state index >= 15 is 0 Å². The van der Waals surface area contributed by atoms with Gasteiger partial charge in [0.1, 0.15) is 0 Å². The van der Waals surface area contributed by atoms with Gasteiger partial charge in [-0.25, -0.2) is 0 Å². The predicted molar refractivity (Wildman–Crippen MR) is 106 cm³/mol. The first-order valence-electron chi connectivity index (χ1n) is 9.81. The highest BCUT2D eigenvalue weighted by Crippen LogP contribution is 2.36. The number of amides is 2. The number of hydrogen-bond donors (Lipinski definition) is 1. The lowest BCUT2D eigenvalue weighted by Gasteiger charge is -2.38. The minimum Gasteiger partial charge on any atom is -0.378 e. The Morgan fingerprint density at radius 3 is 2.59 bits per heavy atom. The molecule has 2 aliphatic rings. The van der Waals surface area contributed by atoms with E-state index in [9.17, 15) is 9.59 Å². The third-order valence-electron chi connectivity index (χ3n) is 5.65. The van der Waals surface area contributed by atoms with Crippen LogP contribution in [-0.2, 0) is 9.53 Å². The van der Waals surface area contributed by atoms with Crippen LogP contribution < -0.4 is 10.2 Å². The number of piperidine rings is 1. The molecule has 2 aliphatic heterocycles. The van der Waals surface area contributed by atoms with Crippen LogP contribution in [0, 0.1) is 5.92 Å². The second-order valence-corrected chi connectivity index (χ2v) is 8.30. The number of hydrogen-bond acceptors (Lipinski definition) is 4. The number of carbonyl (C=O) groups is 2. The first-order valence-corrected chi connectivity index (χ1v) is 9.81. The lowest BCUT2D eigenvalue weighted by atomic mass is 9.87. The van der Waals surface area contributed by atoms with E-state index in [1.165, 1.54) is 0 Å². The second-order valence-electron chi connectivity index (χ2n) is 8.30. The molecule has 6 nitrogen and oxygen atoms in total. The molecule has 2 amide bonds. The Balaban J connectivity index is 1.57. The normalized spacial score (nSPS) is 21.5. The number of nitrogens with one attached hydrogen (secondary N) is 1. The summed E-state index contributed by atoms with van der Waals surface area (Å²) in [6.45, 7) is 5.75. The van der Waals surface area contributed by atoms with Crippen LogP contribution in [0.1, 0.15) is 43.5 Å². The van der Waals surface area contributed by atoms with E-state index in [0.29, 0.717) is 19.7 Å². The highest BCUT2D eigenvalue weighted by Gasteiger charge is 2.44. The third-order valence-corrected chi connectivity index (χ3v) is 5.65. The zero-order valence-electron chi connectivity index (χ0n) is 16.8. The van der Waals surface area contributed by atoms with Gasteiger partial charge in [0.25, 0.3) is 5.91 Å². The van der Waals surface area contributed by atoms with E-state index in [1.54, 1.807) is 0 Å². The van der Waals surface area contributed by atoms with Crippen molar-refractivity contribution in [3.8, 4) is 0 Å². The highest BCUT2D eigenvalue weighted by atomic mass is 16.5. The summed E-state index contributed by atoms with van der Waals surface area (Å²) in [5.74, 6) is 0.143. The van der Waals surface area contributed by atoms with Crippen molar-refractivity contribution in [1.82, 2.24) is 10.2 Å². The number of anilines is 1. The summed E-state index contributed by atoms with van der Waals surface area (Å²) in [4.78, 5) is 28.7. The minimum atomic E-state index is -0.197. The van der Waals surface area contributed by atoms with E-state index < -0.39 is 0 Å². The lowest BCUT2D eigenvalue weighted by molar-refractivity contribution is -0.124. The van der Waals surface area contributed by atoms with Crippen LogP contribution >= 0.6 is 0 Å². The third kappa shape index (κ3) is 4.43. The average molecular weight is 373 g/mol. The fraction of sp³-hybridized carbons (Fsp3) is 0.619. The van der Waals surface area contributed by atoms with Gasteiger partial charge in [-0.1, -0.05) is 19.9 Å². The van der Waals surface area contributed by atoms with E-state index in [2.05, 4.69) is 5.32 Å². The van der Waals surface area contributed by atoms with Gasteiger partial charge in [0.05, 0.1) is 18.2 Å². The van der Waals surface area contributed by atoms with Crippen LogP contribution in [-0.4, -0.2) is 62.1 Å². The maximum absolute atomic E-state index is 12.9. The van der Waals surface area contributed by atoms with Crippen molar-refractivity contribution in [2.24, 2.45) is 5.92 Å². The van der Waals surface area contributed by atoms with Crippen molar-refractivity contribution in [2.45, 2.75) is 44.8 Å². The number of nitrogens with zero attached hydrogens (tertiary/aromatic N) is 2. The standard InChI is InChI=1S/C21H31N3O3/c1-15(2)19(25)22-17-13-21(27-14-17)8-10-24(11-9-21)20(26)16-6-5-7-18(12-16)23(3)4/h5-7,12,15,17H,8-11,13-14H2,1-4H3,(H,22,25). The average Bonchev–Trinajstić information content (AvgIpc) is 3.04. The first kappa shape index (κ1) is 19.7. The van der Waals surface area contributed by atoms with Crippen molar-refractivity contribution in [2.75, 3.05) is 38.7 Å². The summed E-state index contributed by atoms with van der Waals surface area (Å²) >= 11 is 0. The quantitative estimate of drug-likeness (QED) is 0.880. The van der Waals surface area contributed by atoms with E-state index in [-0.39, 0.29) is 29.4 Å². The topological polar surface area (TPSA) is 61.9 Å². The number of rotatable bonds is 4. The van der Waals surface area contributed by atoms with Gasteiger partial charge in [-0.05, 0) is 37.5 Å². The van der Waals surface area contributed by atoms with Crippen molar-refractivity contribution in [3.63, 3.8) is 0 Å². The maximum Gasteiger partial charge on any atom is 0.253 e. The second kappa shape index (κ2) is 7.89. The summed E-state index contributed by atoms with van der Waals surface area (Å²) in [5.41, 5.74) is 1.56. The molecular weight excluding hydrogens is 342 g/mol. The van der Waals surface area contributed by atoms with Crippen molar-refractivity contribution in [1.29, 1.82) is 0 Å². The Labute approximate surface area is 161 Å². The van der Waals surface area contributed by atoms with Crippen LogP contribution in [0.5, 0.6) is 0 Å². The molecular formula is C21H31N3O3. The Hall–Kier alpha value is -2.08. The zero-order valence-corrected chi connectivity index (χ0v) is 16.8. The summed E-state index contributed by atoms with van der Waals surface area (Å²) in [6.07, 6.45) is 2.48. The maximum atomic E-state index is 12.9. The number of ether oxygens (including phenoxy) is 1. The van der Waals surface area contributed by atoms with Gasteiger partial charge in [-0.3, -0.25) is 9.59 Å². The van der Waals surface area contributed by atoms with Crippen LogP contribution in [0.25, 0.3) is 0 Å². The zero-order chi connectivity index (χ0) is 19.6. The van der Waals surface area contributed by atoms with Crippen molar-refractivity contribution < 1.29 is 14.3 Å². The van der Waals surface area contributed by atoms with Crippen molar-refractivity contribution >= 4 is 17.5 Å². The van der Waals surface area contributed by atoms with Crippen LogP contribution in [0.4, 0.5) is 5.69 Å². The monoisotopic (exact) mass is 373 g/mol. The van der Waals surface area contributed by atoms with Gasteiger partial charge >= 0.3 is 0 Å². The molecule has 1 aromatic carbocycles. The fourth-order valence-electron chi connectivity index (χ4n) is 3.87. The summed E-state index contributed by atoms with van der Waals surface area (Å²) < 4.78 is 6.10. The molecule has 3 rings (SSSR count). The summed E-state index contributed by atoms with van der Waals surface area (Å²) in [7, 11) is 3.94. The molecule has 0 radical (unpaired) electrons. The molecule has 2 fully saturated rings. The van der Waals surface area contributed by atoms with Gasteiger partial charge in [0.15, 0.2) is 0 Å². The molecule has 0 saturated carbocycles. The van der Waals surface area contributed by atoms with E-state index in [4.69, 9.17) is 4.74 Å². The van der Waals surface area contributed by atoms with Gasteiger partial charge in [0, 0.05) is 44.4 Å². The Morgan fingerprint density at radius 1 is 1.26 bits per heavy atom. The smallest absolute Gasteiger partial charge is 0.253 e. The Morgan fingerprint density at radius 2 is 1.96 bits per heavy atom. The molecule has 6 heteroatoms. The van der Waals surface area contributed by atoms with Crippen molar-refractivity contribution in [3.05, 3.63) is 29.8 Å². The molecule has 1 aromatic rings. The van der Waals surface area contributed by atoms with Crippen LogP contribution in [0.2, 0.25) is 0 Å². The molecule has 0 aliphatic carbocycles. The summed E-state index contributed by atoms with van der Waals surface area (Å²) in [6, 6.07) is 7.83. The van der Waals surface area contributed by atoms with Gasteiger partial charge < -0.3 is 19.9 Å². The number of likely N-dealkylation sites (tertiary alicyclic amines) is 1. The molecule has 1 unspecified atom stereocenters. The van der Waals surface area contributed by atoms with Crippen LogP contribution in [0.3, 0.4) is 0 Å². The molecule has 0 aromatic heterocycles. The Kier molecular flexibility index (Phi) is 5.75. The molecule has 1 spiro atoms. The first-order chi connectivity index (χ1) is 12.8. The van der Waals surface area contributed by atoms with Gasteiger partial charge in [0.2, 0.25) is 5.91 Å². The predicted octanol–water partition coefficient (Wildman–Crippen LogP) is 2.29. The fourth-order valence-corrected chi connectivity index (χ4v) is 3.87. The molecule has 0 bridgehead atoms. The SMILES string of the molecule is CC(C)C(=O)NC1COC2(CCN(C(=O)c3cccc(N(C)C)c3)CC2)C1. The largest absolute Gasteiger partial charge is 0.378 e. The molecule has 2 heterocycles. The molecule has 1 N–H and O–H groups in total. The number of benzene rings is 1. The van der Waals surface area contributed by atoms with Gasteiger partial charge in [-0.2, -0.15) is 0 Å². The van der Waals surface area contributed by atoms with E-state index in [1.807, 2.05) is 62.0 Å². The summed E-state index contributed by atoms with van der Waals surface area (Å²) in [5, 5.41) is 3.08. The van der Waals surface area contributed by atoms with E-state index in [0.717, 1.165) is 30.5 Å². The highest BCUT2D eigenvalue weighted by molar-refractivity contribution is 5.95. The molecule has 27 heavy (non-hydrogen) atoms. The van der Waals surface area contributed by atoms with Gasteiger partial charge in [-0.15, -0.1) is 0 Å². The minimum absolute atomic E-state index is 0.0149. The lowest BCUT2D eigenvalue weighted by Crippen LogP contribution is -2.47. The molecule has 148 valence electrons.